The molecule has 0 radical (unpaired) electrons. The summed E-state index contributed by atoms with van der Waals surface area (Å²) in [4.78, 5) is 0. The van der Waals surface area contributed by atoms with E-state index in [4.69, 9.17) is 15.2 Å². The standard InChI is InChI=1S/C16H26N2O2/c1-4-14-12(8-9-19-14)10-18-13-6-5-7-15(16(13)17)20-11(2)3/h5-7,11-12,14,18H,4,8-10,17H2,1-3H3. The molecule has 1 aliphatic rings. The first kappa shape index (κ1) is 15.0. The Morgan fingerprint density at radius 2 is 2.25 bits per heavy atom. The highest BCUT2D eigenvalue weighted by Gasteiger charge is 2.26. The monoisotopic (exact) mass is 278 g/mol. The van der Waals surface area contributed by atoms with Gasteiger partial charge in [-0.1, -0.05) is 13.0 Å². The molecular formula is C16H26N2O2. The van der Waals surface area contributed by atoms with Crippen LogP contribution >= 0.6 is 0 Å². The van der Waals surface area contributed by atoms with Crippen LogP contribution in [-0.4, -0.2) is 25.4 Å². The molecule has 0 spiro atoms. The summed E-state index contributed by atoms with van der Waals surface area (Å²) in [7, 11) is 0. The molecule has 0 aliphatic carbocycles. The normalized spacial score (nSPS) is 22.2. The number of benzene rings is 1. The van der Waals surface area contributed by atoms with E-state index in [0.29, 0.717) is 17.7 Å². The Labute approximate surface area is 121 Å². The van der Waals surface area contributed by atoms with E-state index in [2.05, 4.69) is 12.2 Å². The molecule has 1 heterocycles. The number of hydrogen-bond acceptors (Lipinski definition) is 4. The Morgan fingerprint density at radius 1 is 1.45 bits per heavy atom. The van der Waals surface area contributed by atoms with E-state index in [1.54, 1.807) is 0 Å². The second-order valence-electron chi connectivity index (χ2n) is 5.63. The molecule has 1 aromatic carbocycles. The van der Waals surface area contributed by atoms with Gasteiger partial charge < -0.3 is 20.5 Å². The minimum atomic E-state index is 0.125. The molecule has 0 amide bonds. The van der Waals surface area contributed by atoms with Crippen molar-refractivity contribution in [3.8, 4) is 5.75 Å². The molecule has 2 unspecified atom stereocenters. The van der Waals surface area contributed by atoms with Crippen LogP contribution in [0.3, 0.4) is 0 Å². The van der Waals surface area contributed by atoms with Crippen molar-refractivity contribution in [2.75, 3.05) is 24.2 Å². The third-order valence-electron chi connectivity index (χ3n) is 3.73. The molecule has 1 aromatic rings. The summed E-state index contributed by atoms with van der Waals surface area (Å²) >= 11 is 0. The van der Waals surface area contributed by atoms with E-state index < -0.39 is 0 Å². The fourth-order valence-electron chi connectivity index (χ4n) is 2.67. The van der Waals surface area contributed by atoms with Crippen molar-refractivity contribution in [1.82, 2.24) is 0 Å². The smallest absolute Gasteiger partial charge is 0.144 e. The minimum absolute atomic E-state index is 0.125. The SMILES string of the molecule is CCC1OCCC1CNc1cccc(OC(C)C)c1N. The predicted octanol–water partition coefficient (Wildman–Crippen LogP) is 3.28. The van der Waals surface area contributed by atoms with E-state index in [1.807, 2.05) is 32.0 Å². The summed E-state index contributed by atoms with van der Waals surface area (Å²) in [5.74, 6) is 1.31. The fraction of sp³-hybridized carbons (Fsp3) is 0.625. The largest absolute Gasteiger partial charge is 0.489 e. The summed E-state index contributed by atoms with van der Waals surface area (Å²) < 4.78 is 11.4. The van der Waals surface area contributed by atoms with Crippen LogP contribution in [0.2, 0.25) is 0 Å². The van der Waals surface area contributed by atoms with Crippen LogP contribution in [0.1, 0.15) is 33.6 Å². The molecule has 4 heteroatoms. The van der Waals surface area contributed by atoms with Gasteiger partial charge in [-0.05, 0) is 38.8 Å². The summed E-state index contributed by atoms with van der Waals surface area (Å²) in [6, 6.07) is 5.88. The van der Waals surface area contributed by atoms with Crippen molar-refractivity contribution in [3.63, 3.8) is 0 Å². The quantitative estimate of drug-likeness (QED) is 0.784. The van der Waals surface area contributed by atoms with Gasteiger partial charge in [0.25, 0.3) is 0 Å². The zero-order chi connectivity index (χ0) is 14.5. The highest BCUT2D eigenvalue weighted by atomic mass is 16.5. The average Bonchev–Trinajstić information content (AvgIpc) is 2.86. The minimum Gasteiger partial charge on any atom is -0.489 e. The van der Waals surface area contributed by atoms with E-state index in [1.165, 1.54) is 0 Å². The number of para-hydroxylation sites is 1. The molecular weight excluding hydrogens is 252 g/mol. The van der Waals surface area contributed by atoms with Gasteiger partial charge in [0.15, 0.2) is 0 Å². The first-order valence-electron chi connectivity index (χ1n) is 7.52. The maximum atomic E-state index is 6.16. The highest BCUT2D eigenvalue weighted by molar-refractivity contribution is 5.72. The average molecular weight is 278 g/mol. The second kappa shape index (κ2) is 6.84. The van der Waals surface area contributed by atoms with Crippen molar-refractivity contribution in [1.29, 1.82) is 0 Å². The molecule has 112 valence electrons. The van der Waals surface area contributed by atoms with E-state index >= 15 is 0 Å². The van der Waals surface area contributed by atoms with Gasteiger partial charge in [0.1, 0.15) is 5.75 Å². The summed E-state index contributed by atoms with van der Waals surface area (Å²) in [5.41, 5.74) is 7.80. The number of nitrogens with one attached hydrogen (secondary N) is 1. The molecule has 4 nitrogen and oxygen atoms in total. The third-order valence-corrected chi connectivity index (χ3v) is 3.73. The molecule has 0 aromatic heterocycles. The summed E-state index contributed by atoms with van der Waals surface area (Å²) in [6.45, 7) is 7.95. The number of anilines is 2. The number of nitrogens with two attached hydrogens (primary N) is 1. The third kappa shape index (κ3) is 3.57. The molecule has 20 heavy (non-hydrogen) atoms. The van der Waals surface area contributed by atoms with Crippen molar-refractivity contribution in [2.45, 2.75) is 45.8 Å². The zero-order valence-electron chi connectivity index (χ0n) is 12.7. The van der Waals surface area contributed by atoms with Crippen LogP contribution in [0.25, 0.3) is 0 Å². The van der Waals surface area contributed by atoms with Crippen LogP contribution < -0.4 is 15.8 Å². The predicted molar refractivity (Wildman–Crippen MR) is 83.2 cm³/mol. The Morgan fingerprint density at radius 3 is 2.95 bits per heavy atom. The van der Waals surface area contributed by atoms with Crippen molar-refractivity contribution in [3.05, 3.63) is 18.2 Å². The lowest BCUT2D eigenvalue weighted by atomic mass is 9.99. The van der Waals surface area contributed by atoms with Gasteiger partial charge in [0.05, 0.1) is 23.6 Å². The summed E-state index contributed by atoms with van der Waals surface area (Å²) in [5, 5.41) is 3.45. The lowest BCUT2D eigenvalue weighted by Crippen LogP contribution is -2.23. The second-order valence-corrected chi connectivity index (χ2v) is 5.63. The van der Waals surface area contributed by atoms with Gasteiger partial charge in [0.2, 0.25) is 0 Å². The number of nitrogen functional groups attached to an aromatic ring is 1. The molecule has 0 saturated carbocycles. The van der Waals surface area contributed by atoms with Gasteiger partial charge in [0, 0.05) is 19.1 Å². The molecule has 1 saturated heterocycles. The van der Waals surface area contributed by atoms with Crippen LogP contribution in [0.5, 0.6) is 5.75 Å². The summed E-state index contributed by atoms with van der Waals surface area (Å²) in [6.07, 6.45) is 2.69. The zero-order valence-corrected chi connectivity index (χ0v) is 12.7. The van der Waals surface area contributed by atoms with Crippen LogP contribution in [0.4, 0.5) is 11.4 Å². The molecule has 0 bridgehead atoms. The van der Waals surface area contributed by atoms with Crippen molar-refractivity contribution < 1.29 is 9.47 Å². The maximum Gasteiger partial charge on any atom is 0.144 e. The fourth-order valence-corrected chi connectivity index (χ4v) is 2.67. The van der Waals surface area contributed by atoms with Gasteiger partial charge in [-0.2, -0.15) is 0 Å². The molecule has 2 rings (SSSR count). The van der Waals surface area contributed by atoms with Gasteiger partial charge >= 0.3 is 0 Å². The molecule has 2 atom stereocenters. The van der Waals surface area contributed by atoms with Crippen LogP contribution in [-0.2, 0) is 4.74 Å². The Kier molecular flexibility index (Phi) is 5.12. The number of rotatable bonds is 6. The van der Waals surface area contributed by atoms with E-state index in [-0.39, 0.29) is 6.10 Å². The maximum absolute atomic E-state index is 6.16. The lowest BCUT2D eigenvalue weighted by Gasteiger charge is -2.20. The first-order valence-corrected chi connectivity index (χ1v) is 7.52. The van der Waals surface area contributed by atoms with Gasteiger partial charge in [-0.3, -0.25) is 0 Å². The van der Waals surface area contributed by atoms with Gasteiger partial charge in [-0.15, -0.1) is 0 Å². The molecule has 1 aliphatic heterocycles. The number of ether oxygens (including phenoxy) is 2. The van der Waals surface area contributed by atoms with E-state index in [9.17, 15) is 0 Å². The molecule has 3 N–H and O–H groups in total. The van der Waals surface area contributed by atoms with E-state index in [0.717, 1.165) is 37.4 Å². The first-order chi connectivity index (χ1) is 9.61. The Hall–Kier alpha value is -1.42. The van der Waals surface area contributed by atoms with Crippen molar-refractivity contribution in [2.24, 2.45) is 5.92 Å². The highest BCUT2D eigenvalue weighted by Crippen LogP contribution is 2.31. The van der Waals surface area contributed by atoms with Crippen LogP contribution in [0.15, 0.2) is 18.2 Å². The van der Waals surface area contributed by atoms with Crippen LogP contribution in [0, 0.1) is 5.92 Å². The number of hydrogen-bond donors (Lipinski definition) is 2. The molecule has 1 fully saturated rings. The van der Waals surface area contributed by atoms with Crippen molar-refractivity contribution >= 4 is 11.4 Å². The Balaban J connectivity index is 1.99. The topological polar surface area (TPSA) is 56.5 Å². The van der Waals surface area contributed by atoms with Gasteiger partial charge in [-0.25, -0.2) is 0 Å². The lowest BCUT2D eigenvalue weighted by molar-refractivity contribution is 0.0900. The Bertz CT molecular complexity index is 434.